The fourth-order valence-electron chi connectivity index (χ4n) is 2.01. The Labute approximate surface area is 118 Å². The molecule has 6 heteroatoms. The van der Waals surface area contributed by atoms with Gasteiger partial charge in [-0.3, -0.25) is 10.1 Å². The quantitative estimate of drug-likeness (QED) is 0.535. The summed E-state index contributed by atoms with van der Waals surface area (Å²) in [7, 11) is 1.65. The lowest BCUT2D eigenvalue weighted by molar-refractivity contribution is -0.384. The Kier molecular flexibility index (Phi) is 7.14. The third-order valence-corrected chi connectivity index (χ3v) is 3.09. The van der Waals surface area contributed by atoms with Crippen LogP contribution in [0.1, 0.15) is 31.4 Å². The van der Waals surface area contributed by atoms with Gasteiger partial charge in [-0.15, -0.1) is 0 Å². The summed E-state index contributed by atoms with van der Waals surface area (Å²) in [6.45, 7) is 3.09. The molecule has 2 N–H and O–H groups in total. The van der Waals surface area contributed by atoms with Crippen molar-refractivity contribution in [3.8, 4) is 0 Å². The van der Waals surface area contributed by atoms with Gasteiger partial charge < -0.3 is 15.2 Å². The fraction of sp³-hybridized carbons (Fsp3) is 0.571. The van der Waals surface area contributed by atoms with E-state index < -0.39 is 11.0 Å². The summed E-state index contributed by atoms with van der Waals surface area (Å²) in [6, 6.07) is 6.16. The van der Waals surface area contributed by atoms with Gasteiger partial charge in [0, 0.05) is 31.8 Å². The van der Waals surface area contributed by atoms with E-state index in [0.29, 0.717) is 18.7 Å². The van der Waals surface area contributed by atoms with Gasteiger partial charge in [-0.1, -0.05) is 13.3 Å². The molecule has 0 aromatic heterocycles. The fourth-order valence-corrected chi connectivity index (χ4v) is 2.01. The summed E-state index contributed by atoms with van der Waals surface area (Å²) >= 11 is 0. The first kappa shape index (κ1) is 16.6. The van der Waals surface area contributed by atoms with Crippen LogP contribution >= 0.6 is 0 Å². The van der Waals surface area contributed by atoms with Crippen molar-refractivity contribution < 1.29 is 14.8 Å². The van der Waals surface area contributed by atoms with Gasteiger partial charge in [-0.25, -0.2) is 0 Å². The molecule has 1 aromatic carbocycles. The van der Waals surface area contributed by atoms with Crippen LogP contribution in [0.5, 0.6) is 0 Å². The molecule has 0 spiro atoms. The Balaban J connectivity index is 2.52. The molecule has 112 valence electrons. The topological polar surface area (TPSA) is 84.6 Å². The molecule has 0 saturated heterocycles. The molecule has 6 nitrogen and oxygen atoms in total. The van der Waals surface area contributed by atoms with Crippen LogP contribution in [-0.2, 0) is 4.74 Å². The Morgan fingerprint density at radius 2 is 2.05 bits per heavy atom. The van der Waals surface area contributed by atoms with Crippen LogP contribution in [0.2, 0.25) is 0 Å². The van der Waals surface area contributed by atoms with Gasteiger partial charge >= 0.3 is 0 Å². The number of hydrogen-bond donors (Lipinski definition) is 2. The summed E-state index contributed by atoms with van der Waals surface area (Å²) in [4.78, 5) is 10.1. The maximum absolute atomic E-state index is 10.6. The maximum Gasteiger partial charge on any atom is 0.269 e. The van der Waals surface area contributed by atoms with Crippen molar-refractivity contribution in [2.75, 3.05) is 20.3 Å². The highest BCUT2D eigenvalue weighted by Crippen LogP contribution is 2.17. The molecule has 0 bridgehead atoms. The molecule has 0 radical (unpaired) electrons. The normalized spacial score (nSPS) is 13.9. The largest absolute Gasteiger partial charge is 0.387 e. The zero-order valence-electron chi connectivity index (χ0n) is 11.9. The molecule has 2 unspecified atom stereocenters. The van der Waals surface area contributed by atoms with Crippen LogP contribution in [-0.4, -0.2) is 36.3 Å². The molecule has 0 aliphatic carbocycles. The van der Waals surface area contributed by atoms with E-state index in [4.69, 9.17) is 4.74 Å². The van der Waals surface area contributed by atoms with E-state index in [9.17, 15) is 15.2 Å². The molecular formula is C14H22N2O4. The van der Waals surface area contributed by atoms with Gasteiger partial charge in [0.05, 0.1) is 17.6 Å². The second kappa shape index (κ2) is 8.63. The van der Waals surface area contributed by atoms with E-state index in [0.717, 1.165) is 12.8 Å². The smallest absolute Gasteiger partial charge is 0.269 e. The van der Waals surface area contributed by atoms with Crippen LogP contribution in [0.15, 0.2) is 24.3 Å². The van der Waals surface area contributed by atoms with Crippen LogP contribution < -0.4 is 5.32 Å². The van der Waals surface area contributed by atoms with Crippen molar-refractivity contribution in [2.45, 2.75) is 31.9 Å². The van der Waals surface area contributed by atoms with E-state index in [1.54, 1.807) is 19.2 Å². The Morgan fingerprint density at radius 3 is 2.55 bits per heavy atom. The van der Waals surface area contributed by atoms with E-state index >= 15 is 0 Å². The van der Waals surface area contributed by atoms with E-state index in [2.05, 4.69) is 12.2 Å². The average molecular weight is 282 g/mol. The average Bonchev–Trinajstić information content (AvgIpc) is 2.45. The highest BCUT2D eigenvalue weighted by atomic mass is 16.6. The highest BCUT2D eigenvalue weighted by Gasteiger charge is 2.13. The van der Waals surface area contributed by atoms with Crippen molar-refractivity contribution in [3.05, 3.63) is 39.9 Å². The lowest BCUT2D eigenvalue weighted by atomic mass is 10.1. The third kappa shape index (κ3) is 5.24. The Morgan fingerprint density at radius 1 is 1.40 bits per heavy atom. The molecule has 0 aliphatic rings. The number of rotatable bonds is 9. The van der Waals surface area contributed by atoms with Crippen LogP contribution in [0.4, 0.5) is 5.69 Å². The Bertz CT molecular complexity index is 402. The molecular weight excluding hydrogens is 260 g/mol. The number of ether oxygens (including phenoxy) is 1. The predicted octanol–water partition coefficient (Wildman–Crippen LogP) is 2.03. The second-order valence-corrected chi connectivity index (χ2v) is 4.71. The lowest BCUT2D eigenvalue weighted by Crippen LogP contribution is -2.36. The van der Waals surface area contributed by atoms with E-state index in [1.165, 1.54) is 12.1 Å². The summed E-state index contributed by atoms with van der Waals surface area (Å²) in [6.07, 6.45) is 1.32. The van der Waals surface area contributed by atoms with Crippen molar-refractivity contribution in [3.63, 3.8) is 0 Å². The number of nitrogens with one attached hydrogen (secondary N) is 1. The number of nitro benzene ring substituents is 1. The SMILES string of the molecule is CCCC(COC)NCC(O)c1ccc([N+](=O)[O-])cc1. The number of benzene rings is 1. The van der Waals surface area contributed by atoms with Crippen molar-refractivity contribution in [2.24, 2.45) is 0 Å². The monoisotopic (exact) mass is 282 g/mol. The molecule has 20 heavy (non-hydrogen) atoms. The standard InChI is InChI=1S/C14H22N2O4/c1-3-4-12(10-20-2)15-9-14(17)11-5-7-13(8-6-11)16(18)19/h5-8,12,14-15,17H,3-4,9-10H2,1-2H3. The molecule has 2 atom stereocenters. The van der Waals surface area contributed by atoms with Gasteiger partial charge in [-0.05, 0) is 24.1 Å². The maximum atomic E-state index is 10.6. The predicted molar refractivity (Wildman–Crippen MR) is 76.6 cm³/mol. The molecule has 1 aromatic rings. The van der Waals surface area contributed by atoms with Gasteiger partial charge in [0.1, 0.15) is 0 Å². The molecule has 0 amide bonds. The van der Waals surface area contributed by atoms with Gasteiger partial charge in [-0.2, -0.15) is 0 Å². The molecule has 0 fully saturated rings. The first-order chi connectivity index (χ1) is 9.58. The van der Waals surface area contributed by atoms with Crippen LogP contribution in [0.3, 0.4) is 0 Å². The van der Waals surface area contributed by atoms with E-state index in [-0.39, 0.29) is 11.7 Å². The van der Waals surface area contributed by atoms with Gasteiger partial charge in [0.25, 0.3) is 5.69 Å². The number of methoxy groups -OCH3 is 1. The zero-order chi connectivity index (χ0) is 15.0. The number of nitro groups is 1. The van der Waals surface area contributed by atoms with Crippen LogP contribution in [0, 0.1) is 10.1 Å². The van der Waals surface area contributed by atoms with Gasteiger partial charge in [0.15, 0.2) is 0 Å². The molecule has 0 saturated carbocycles. The van der Waals surface area contributed by atoms with Crippen molar-refractivity contribution in [1.29, 1.82) is 0 Å². The summed E-state index contributed by atoms with van der Waals surface area (Å²) < 4.78 is 5.12. The van der Waals surface area contributed by atoms with Gasteiger partial charge in [0.2, 0.25) is 0 Å². The Hall–Kier alpha value is -1.50. The second-order valence-electron chi connectivity index (χ2n) is 4.71. The number of non-ortho nitro benzene ring substituents is 1. The third-order valence-electron chi connectivity index (χ3n) is 3.09. The first-order valence-electron chi connectivity index (χ1n) is 6.73. The summed E-state index contributed by atoms with van der Waals surface area (Å²) in [5, 5.41) is 23.9. The minimum atomic E-state index is -0.688. The number of hydrogen-bond acceptors (Lipinski definition) is 5. The summed E-state index contributed by atoms with van der Waals surface area (Å²) in [5.41, 5.74) is 0.688. The van der Waals surface area contributed by atoms with Crippen molar-refractivity contribution >= 4 is 5.69 Å². The van der Waals surface area contributed by atoms with E-state index in [1.807, 2.05) is 0 Å². The summed E-state index contributed by atoms with van der Waals surface area (Å²) in [5.74, 6) is 0. The number of nitrogens with zero attached hydrogens (tertiary/aromatic N) is 1. The molecule has 0 heterocycles. The number of aliphatic hydroxyl groups excluding tert-OH is 1. The first-order valence-corrected chi connectivity index (χ1v) is 6.73. The minimum Gasteiger partial charge on any atom is -0.387 e. The zero-order valence-corrected chi connectivity index (χ0v) is 11.9. The van der Waals surface area contributed by atoms with Crippen LogP contribution in [0.25, 0.3) is 0 Å². The highest BCUT2D eigenvalue weighted by molar-refractivity contribution is 5.33. The minimum absolute atomic E-state index is 0.0251. The molecule has 0 aliphatic heterocycles. The van der Waals surface area contributed by atoms with Crippen molar-refractivity contribution in [1.82, 2.24) is 5.32 Å². The molecule has 1 rings (SSSR count). The lowest BCUT2D eigenvalue weighted by Gasteiger charge is -2.19. The number of aliphatic hydroxyl groups is 1.